The van der Waals surface area contributed by atoms with Crippen molar-refractivity contribution in [2.75, 3.05) is 6.54 Å². The molecule has 0 saturated heterocycles. The summed E-state index contributed by atoms with van der Waals surface area (Å²) in [5, 5.41) is 6.24. The summed E-state index contributed by atoms with van der Waals surface area (Å²) in [5.74, 6) is 0.153. The Morgan fingerprint density at radius 2 is 2.17 bits per heavy atom. The lowest BCUT2D eigenvalue weighted by atomic mass is 9.87. The second-order valence-corrected chi connectivity index (χ2v) is 5.60. The first-order chi connectivity index (χ1) is 8.31. The van der Waals surface area contributed by atoms with Crippen LogP contribution in [0, 0.1) is 5.41 Å². The summed E-state index contributed by atoms with van der Waals surface area (Å²) in [6, 6.07) is -0.0486. The minimum Gasteiger partial charge on any atom is -0.349 e. The topological polar surface area (TPSA) is 94.0 Å². The van der Waals surface area contributed by atoms with E-state index in [9.17, 15) is 4.79 Å². The molecule has 0 aliphatic carbocycles. The second kappa shape index (κ2) is 5.95. The van der Waals surface area contributed by atoms with E-state index in [1.807, 2.05) is 6.92 Å². The van der Waals surface area contributed by atoms with Crippen LogP contribution in [0.2, 0.25) is 0 Å². The SMILES string of the molecule is CCNC(=O)c1noc(CC(N)CC(C)(C)C)n1. The highest BCUT2D eigenvalue weighted by Gasteiger charge is 2.19. The molecule has 6 heteroatoms. The third-order valence-corrected chi connectivity index (χ3v) is 2.32. The molecule has 1 amide bonds. The first kappa shape index (κ1) is 14.6. The van der Waals surface area contributed by atoms with E-state index in [2.05, 4.69) is 36.2 Å². The Labute approximate surface area is 107 Å². The molecule has 0 aromatic carbocycles. The van der Waals surface area contributed by atoms with Crippen molar-refractivity contribution in [3.63, 3.8) is 0 Å². The Morgan fingerprint density at radius 3 is 2.72 bits per heavy atom. The normalized spacial score (nSPS) is 13.4. The Hall–Kier alpha value is -1.43. The highest BCUT2D eigenvalue weighted by molar-refractivity contribution is 5.90. The highest BCUT2D eigenvalue weighted by Crippen LogP contribution is 2.21. The smallest absolute Gasteiger partial charge is 0.292 e. The Balaban J connectivity index is 2.56. The summed E-state index contributed by atoms with van der Waals surface area (Å²) in [6.45, 7) is 8.74. The number of carbonyl (C=O) groups is 1. The minimum atomic E-state index is -0.322. The number of amides is 1. The van der Waals surface area contributed by atoms with E-state index in [0.717, 1.165) is 6.42 Å². The van der Waals surface area contributed by atoms with E-state index >= 15 is 0 Å². The number of aromatic nitrogens is 2. The lowest BCUT2D eigenvalue weighted by Gasteiger charge is -2.21. The van der Waals surface area contributed by atoms with Gasteiger partial charge >= 0.3 is 0 Å². The van der Waals surface area contributed by atoms with E-state index in [-0.39, 0.29) is 23.2 Å². The molecule has 1 aromatic heterocycles. The van der Waals surface area contributed by atoms with Crippen LogP contribution in [-0.2, 0) is 6.42 Å². The summed E-state index contributed by atoms with van der Waals surface area (Å²) >= 11 is 0. The minimum absolute atomic E-state index is 0.0486. The average Bonchev–Trinajstić information content (AvgIpc) is 2.63. The molecule has 1 aromatic rings. The Morgan fingerprint density at radius 1 is 1.50 bits per heavy atom. The van der Waals surface area contributed by atoms with Gasteiger partial charge in [-0.1, -0.05) is 25.9 Å². The van der Waals surface area contributed by atoms with Crippen LogP contribution in [0.3, 0.4) is 0 Å². The van der Waals surface area contributed by atoms with Gasteiger partial charge in [0.2, 0.25) is 5.89 Å². The predicted molar refractivity (Wildman–Crippen MR) is 68.1 cm³/mol. The van der Waals surface area contributed by atoms with Gasteiger partial charge in [-0.05, 0) is 18.8 Å². The fourth-order valence-electron chi connectivity index (χ4n) is 1.75. The average molecular weight is 254 g/mol. The van der Waals surface area contributed by atoms with Crippen molar-refractivity contribution >= 4 is 5.91 Å². The summed E-state index contributed by atoms with van der Waals surface area (Å²) < 4.78 is 5.02. The number of rotatable bonds is 5. The molecule has 1 heterocycles. The zero-order chi connectivity index (χ0) is 13.8. The van der Waals surface area contributed by atoms with E-state index < -0.39 is 0 Å². The molecule has 0 spiro atoms. The molecule has 18 heavy (non-hydrogen) atoms. The molecule has 1 rings (SSSR count). The molecular formula is C12H22N4O2. The van der Waals surface area contributed by atoms with E-state index in [1.165, 1.54) is 0 Å². The van der Waals surface area contributed by atoms with Crippen molar-refractivity contribution in [3.8, 4) is 0 Å². The molecule has 102 valence electrons. The monoisotopic (exact) mass is 254 g/mol. The largest absolute Gasteiger partial charge is 0.349 e. The van der Waals surface area contributed by atoms with Gasteiger partial charge in [-0.2, -0.15) is 4.98 Å². The van der Waals surface area contributed by atoms with E-state index in [1.54, 1.807) is 0 Å². The van der Waals surface area contributed by atoms with Crippen LogP contribution in [0.25, 0.3) is 0 Å². The fraction of sp³-hybridized carbons (Fsp3) is 0.750. The molecule has 6 nitrogen and oxygen atoms in total. The lowest BCUT2D eigenvalue weighted by molar-refractivity contribution is 0.0942. The first-order valence-electron chi connectivity index (χ1n) is 6.18. The Bertz CT molecular complexity index is 395. The quantitative estimate of drug-likeness (QED) is 0.821. The van der Waals surface area contributed by atoms with Crippen LogP contribution in [0.1, 0.15) is 50.6 Å². The summed E-state index contributed by atoms with van der Waals surface area (Å²) in [7, 11) is 0. The van der Waals surface area contributed by atoms with Gasteiger partial charge in [0.1, 0.15) is 0 Å². The highest BCUT2D eigenvalue weighted by atomic mass is 16.5. The van der Waals surface area contributed by atoms with Crippen molar-refractivity contribution in [2.45, 2.75) is 46.6 Å². The second-order valence-electron chi connectivity index (χ2n) is 5.60. The van der Waals surface area contributed by atoms with Crippen molar-refractivity contribution in [2.24, 2.45) is 11.1 Å². The Kier molecular flexibility index (Phi) is 4.84. The van der Waals surface area contributed by atoms with Crippen LogP contribution in [0.5, 0.6) is 0 Å². The zero-order valence-electron chi connectivity index (χ0n) is 11.5. The molecule has 1 unspecified atom stereocenters. The predicted octanol–water partition coefficient (Wildman–Crippen LogP) is 1.13. The molecule has 0 fully saturated rings. The maximum atomic E-state index is 11.4. The summed E-state index contributed by atoms with van der Waals surface area (Å²) in [4.78, 5) is 15.5. The van der Waals surface area contributed by atoms with Gasteiger partial charge in [0.25, 0.3) is 11.7 Å². The molecule has 0 bridgehead atoms. The summed E-state index contributed by atoms with van der Waals surface area (Å²) in [5.41, 5.74) is 6.16. The van der Waals surface area contributed by atoms with Crippen molar-refractivity contribution in [3.05, 3.63) is 11.7 Å². The van der Waals surface area contributed by atoms with Gasteiger partial charge in [-0.25, -0.2) is 0 Å². The number of hydrogen-bond acceptors (Lipinski definition) is 5. The molecule has 0 aliphatic rings. The summed E-state index contributed by atoms with van der Waals surface area (Å²) in [6.07, 6.45) is 1.34. The van der Waals surface area contributed by atoms with Crippen molar-refractivity contribution < 1.29 is 9.32 Å². The number of nitrogens with two attached hydrogens (primary N) is 1. The van der Waals surface area contributed by atoms with Crippen LogP contribution in [0.15, 0.2) is 4.52 Å². The lowest BCUT2D eigenvalue weighted by Crippen LogP contribution is -2.28. The third kappa shape index (κ3) is 4.83. The molecule has 0 aliphatic heterocycles. The molecular weight excluding hydrogens is 232 g/mol. The van der Waals surface area contributed by atoms with Gasteiger partial charge in [0.05, 0.1) is 0 Å². The van der Waals surface area contributed by atoms with Crippen molar-refractivity contribution in [1.82, 2.24) is 15.5 Å². The van der Waals surface area contributed by atoms with E-state index in [0.29, 0.717) is 18.9 Å². The molecule has 0 radical (unpaired) electrons. The van der Waals surface area contributed by atoms with Gasteiger partial charge in [-0.3, -0.25) is 4.79 Å². The number of hydrogen-bond donors (Lipinski definition) is 2. The van der Waals surface area contributed by atoms with Gasteiger partial charge < -0.3 is 15.6 Å². The number of carbonyl (C=O) groups excluding carboxylic acids is 1. The van der Waals surface area contributed by atoms with Crippen molar-refractivity contribution in [1.29, 1.82) is 0 Å². The van der Waals surface area contributed by atoms with Crippen LogP contribution >= 0.6 is 0 Å². The maximum absolute atomic E-state index is 11.4. The molecule has 1 atom stereocenters. The first-order valence-corrected chi connectivity index (χ1v) is 6.18. The third-order valence-electron chi connectivity index (χ3n) is 2.32. The zero-order valence-corrected chi connectivity index (χ0v) is 11.5. The number of nitrogens with one attached hydrogen (secondary N) is 1. The molecule has 0 saturated carbocycles. The van der Waals surface area contributed by atoms with Gasteiger partial charge in [0, 0.05) is 19.0 Å². The number of nitrogens with zero attached hydrogens (tertiary/aromatic N) is 2. The van der Waals surface area contributed by atoms with Gasteiger partial charge in [-0.15, -0.1) is 0 Å². The maximum Gasteiger partial charge on any atom is 0.292 e. The van der Waals surface area contributed by atoms with Crippen LogP contribution < -0.4 is 11.1 Å². The van der Waals surface area contributed by atoms with E-state index in [4.69, 9.17) is 10.3 Å². The fourth-order valence-corrected chi connectivity index (χ4v) is 1.75. The van der Waals surface area contributed by atoms with Crippen LogP contribution in [0.4, 0.5) is 0 Å². The van der Waals surface area contributed by atoms with Gasteiger partial charge in [0.15, 0.2) is 0 Å². The molecule has 3 N–H and O–H groups in total. The standard InChI is InChI=1S/C12H22N4O2/c1-5-14-11(17)10-15-9(18-16-10)6-8(13)7-12(2,3)4/h8H,5-7,13H2,1-4H3,(H,14,17). The van der Waals surface area contributed by atoms with Crippen LogP contribution in [-0.4, -0.2) is 28.6 Å².